The molecule has 0 spiro atoms. The summed E-state index contributed by atoms with van der Waals surface area (Å²) in [6.45, 7) is 5.60. The molecule has 0 atom stereocenters. The van der Waals surface area contributed by atoms with Gasteiger partial charge in [-0.15, -0.1) is 0 Å². The lowest BCUT2D eigenvalue weighted by Crippen LogP contribution is -2.29. The fourth-order valence-corrected chi connectivity index (χ4v) is 2.42. The number of hydrogen-bond donors (Lipinski definition) is 1. The molecule has 0 unspecified atom stereocenters. The van der Waals surface area contributed by atoms with Gasteiger partial charge in [0.2, 0.25) is 0 Å². The Bertz CT molecular complexity index is 787. The first-order chi connectivity index (χ1) is 12.8. The molecule has 0 aliphatic rings. The van der Waals surface area contributed by atoms with Gasteiger partial charge in [0, 0.05) is 6.54 Å². The third-order valence-electron chi connectivity index (χ3n) is 3.90. The Kier molecular flexibility index (Phi) is 7.34. The van der Waals surface area contributed by atoms with E-state index in [-0.39, 0.29) is 24.9 Å². The number of ether oxygens (including phenoxy) is 2. The number of aryl methyl sites for hydroxylation is 1. The van der Waals surface area contributed by atoms with E-state index >= 15 is 0 Å². The van der Waals surface area contributed by atoms with E-state index in [1.54, 1.807) is 12.1 Å². The van der Waals surface area contributed by atoms with Crippen LogP contribution in [-0.4, -0.2) is 25.1 Å². The summed E-state index contributed by atoms with van der Waals surface area (Å²) in [5.41, 5.74) is 2.79. The summed E-state index contributed by atoms with van der Waals surface area (Å²) in [6.07, 6.45) is 0. The summed E-state index contributed by atoms with van der Waals surface area (Å²) in [7, 11) is 0. The average molecular weight is 373 g/mol. The lowest BCUT2D eigenvalue weighted by Gasteiger charge is -2.14. The van der Waals surface area contributed by atoms with E-state index in [0.29, 0.717) is 5.75 Å². The predicted octanol–water partition coefficient (Wildman–Crippen LogP) is 3.50. The molecule has 6 heteroatoms. The van der Waals surface area contributed by atoms with Crippen LogP contribution in [0.4, 0.5) is 4.39 Å². The van der Waals surface area contributed by atoms with Crippen molar-refractivity contribution >= 4 is 11.9 Å². The molecule has 0 aromatic heterocycles. The highest BCUT2D eigenvalue weighted by molar-refractivity contribution is 5.80. The molecule has 5 nitrogen and oxygen atoms in total. The minimum absolute atomic E-state index is 0.230. The highest BCUT2D eigenvalue weighted by Crippen LogP contribution is 2.27. The minimum atomic E-state index is -0.622. The van der Waals surface area contributed by atoms with Gasteiger partial charge in [-0.25, -0.2) is 9.18 Å². The molecule has 144 valence electrons. The smallest absolute Gasteiger partial charge is 0.344 e. The van der Waals surface area contributed by atoms with Crippen molar-refractivity contribution in [1.29, 1.82) is 0 Å². The van der Waals surface area contributed by atoms with Crippen LogP contribution in [0.15, 0.2) is 42.5 Å². The first kappa shape index (κ1) is 20.4. The maximum Gasteiger partial charge on any atom is 0.344 e. The van der Waals surface area contributed by atoms with E-state index in [2.05, 4.69) is 5.32 Å². The standard InChI is InChI=1S/C21H24FNO4/c1-14(2)18-9-4-15(3)10-19(18)26-13-21(25)27-12-20(24)23-11-16-5-7-17(22)8-6-16/h4-10,14H,11-13H2,1-3H3,(H,23,24). The van der Waals surface area contributed by atoms with Crippen LogP contribution in [0.25, 0.3) is 0 Å². The SMILES string of the molecule is Cc1ccc(C(C)C)c(OCC(=O)OCC(=O)NCc2ccc(F)cc2)c1. The van der Waals surface area contributed by atoms with Gasteiger partial charge < -0.3 is 14.8 Å². The molecule has 1 amide bonds. The average Bonchev–Trinajstić information content (AvgIpc) is 2.64. The third kappa shape index (κ3) is 6.73. The van der Waals surface area contributed by atoms with E-state index in [9.17, 15) is 14.0 Å². The molecule has 0 fully saturated rings. The van der Waals surface area contributed by atoms with Crippen LogP contribution >= 0.6 is 0 Å². The number of halogens is 1. The highest BCUT2D eigenvalue weighted by atomic mass is 19.1. The highest BCUT2D eigenvalue weighted by Gasteiger charge is 2.12. The fraction of sp³-hybridized carbons (Fsp3) is 0.333. The van der Waals surface area contributed by atoms with Gasteiger partial charge in [-0.3, -0.25) is 4.79 Å². The van der Waals surface area contributed by atoms with Crippen LogP contribution in [0.1, 0.15) is 36.5 Å². The van der Waals surface area contributed by atoms with Gasteiger partial charge in [-0.2, -0.15) is 0 Å². The van der Waals surface area contributed by atoms with Gasteiger partial charge in [0.25, 0.3) is 5.91 Å². The Morgan fingerprint density at radius 3 is 2.44 bits per heavy atom. The molecule has 2 aromatic carbocycles. The largest absolute Gasteiger partial charge is 0.482 e. The molecule has 0 aliphatic carbocycles. The van der Waals surface area contributed by atoms with E-state index in [1.165, 1.54) is 12.1 Å². The molecule has 0 aliphatic heterocycles. The Hall–Kier alpha value is -2.89. The van der Waals surface area contributed by atoms with Crippen molar-refractivity contribution in [3.05, 3.63) is 65.0 Å². The Labute approximate surface area is 158 Å². The van der Waals surface area contributed by atoms with Gasteiger partial charge in [-0.1, -0.05) is 38.1 Å². The Morgan fingerprint density at radius 2 is 1.78 bits per heavy atom. The van der Waals surface area contributed by atoms with E-state index in [1.807, 2.05) is 39.0 Å². The lowest BCUT2D eigenvalue weighted by molar-refractivity contribution is -0.150. The molecule has 1 N–H and O–H groups in total. The summed E-state index contributed by atoms with van der Waals surface area (Å²) < 4.78 is 23.3. The molecule has 0 bridgehead atoms. The number of rotatable bonds is 8. The molecular weight excluding hydrogens is 349 g/mol. The normalized spacial score (nSPS) is 10.6. The van der Waals surface area contributed by atoms with E-state index in [4.69, 9.17) is 9.47 Å². The van der Waals surface area contributed by atoms with Crippen LogP contribution in [0.2, 0.25) is 0 Å². The molecule has 27 heavy (non-hydrogen) atoms. The molecule has 2 rings (SSSR count). The van der Waals surface area contributed by atoms with Crippen LogP contribution in [0, 0.1) is 12.7 Å². The van der Waals surface area contributed by atoms with Crippen molar-refractivity contribution in [3.63, 3.8) is 0 Å². The number of carbonyl (C=O) groups excluding carboxylic acids is 2. The zero-order chi connectivity index (χ0) is 19.8. The van der Waals surface area contributed by atoms with Crippen molar-refractivity contribution in [3.8, 4) is 5.75 Å². The van der Waals surface area contributed by atoms with Crippen LogP contribution in [-0.2, 0) is 20.9 Å². The Morgan fingerprint density at radius 1 is 1.07 bits per heavy atom. The van der Waals surface area contributed by atoms with Gasteiger partial charge >= 0.3 is 5.97 Å². The number of amides is 1. The number of nitrogens with one attached hydrogen (secondary N) is 1. The zero-order valence-corrected chi connectivity index (χ0v) is 15.8. The van der Waals surface area contributed by atoms with Crippen molar-refractivity contribution in [2.45, 2.75) is 33.2 Å². The first-order valence-electron chi connectivity index (χ1n) is 8.75. The number of carbonyl (C=O) groups is 2. The maximum absolute atomic E-state index is 12.8. The molecule has 2 aromatic rings. The van der Waals surface area contributed by atoms with Gasteiger partial charge in [0.05, 0.1) is 0 Å². The second-order valence-corrected chi connectivity index (χ2v) is 6.55. The number of esters is 1. The molecule has 0 saturated carbocycles. The zero-order valence-electron chi connectivity index (χ0n) is 15.8. The lowest BCUT2D eigenvalue weighted by atomic mass is 10.0. The first-order valence-corrected chi connectivity index (χ1v) is 8.75. The molecular formula is C21H24FNO4. The summed E-state index contributed by atoms with van der Waals surface area (Å²) >= 11 is 0. The predicted molar refractivity (Wildman–Crippen MR) is 100.0 cm³/mol. The third-order valence-corrected chi connectivity index (χ3v) is 3.90. The molecule has 0 radical (unpaired) electrons. The summed E-state index contributed by atoms with van der Waals surface area (Å²) in [5.74, 6) is -0.501. The van der Waals surface area contributed by atoms with E-state index < -0.39 is 18.5 Å². The van der Waals surface area contributed by atoms with Crippen LogP contribution < -0.4 is 10.1 Å². The number of benzene rings is 2. The summed E-state index contributed by atoms with van der Waals surface area (Å²) in [6, 6.07) is 11.6. The van der Waals surface area contributed by atoms with Crippen LogP contribution in [0.5, 0.6) is 5.75 Å². The monoisotopic (exact) mass is 373 g/mol. The second kappa shape index (κ2) is 9.71. The topological polar surface area (TPSA) is 64.6 Å². The summed E-state index contributed by atoms with van der Waals surface area (Å²) in [4.78, 5) is 23.6. The maximum atomic E-state index is 12.8. The second-order valence-electron chi connectivity index (χ2n) is 6.55. The number of hydrogen-bond acceptors (Lipinski definition) is 4. The Balaban J connectivity index is 1.75. The molecule has 0 heterocycles. The minimum Gasteiger partial charge on any atom is -0.482 e. The van der Waals surface area contributed by atoms with Crippen LogP contribution in [0.3, 0.4) is 0 Å². The van der Waals surface area contributed by atoms with Crippen molar-refractivity contribution in [1.82, 2.24) is 5.32 Å². The van der Waals surface area contributed by atoms with Crippen molar-refractivity contribution in [2.75, 3.05) is 13.2 Å². The summed E-state index contributed by atoms with van der Waals surface area (Å²) in [5, 5.41) is 2.60. The van der Waals surface area contributed by atoms with E-state index in [0.717, 1.165) is 16.7 Å². The van der Waals surface area contributed by atoms with Gasteiger partial charge in [0.15, 0.2) is 13.2 Å². The van der Waals surface area contributed by atoms with Crippen molar-refractivity contribution < 1.29 is 23.5 Å². The quantitative estimate of drug-likeness (QED) is 0.720. The molecule has 0 saturated heterocycles. The van der Waals surface area contributed by atoms with Crippen molar-refractivity contribution in [2.24, 2.45) is 0 Å². The van der Waals surface area contributed by atoms with Gasteiger partial charge in [0.1, 0.15) is 11.6 Å². The van der Waals surface area contributed by atoms with Gasteiger partial charge in [-0.05, 0) is 47.7 Å². The fourth-order valence-electron chi connectivity index (χ4n) is 2.42.